The Bertz CT molecular complexity index is 1440. The molecule has 0 saturated carbocycles. The number of halogens is 3. The van der Waals surface area contributed by atoms with Gasteiger partial charge in [-0.25, -0.2) is 9.18 Å². The molecule has 37 heavy (non-hydrogen) atoms. The van der Waals surface area contributed by atoms with Gasteiger partial charge in [-0.1, -0.05) is 29.3 Å². The lowest BCUT2D eigenvalue weighted by molar-refractivity contribution is -0.120. The quantitative estimate of drug-likeness (QED) is 0.436. The number of piperazine rings is 1. The number of aromatic nitrogens is 1. The number of benzene rings is 2. The number of nitrogens with zero attached hydrogens (tertiary/aromatic N) is 4. The monoisotopic (exact) mass is 546 g/mol. The highest BCUT2D eigenvalue weighted by Crippen LogP contribution is 2.49. The number of phenols is 1. The lowest BCUT2D eigenvalue weighted by Crippen LogP contribution is -2.63. The zero-order valence-electron chi connectivity index (χ0n) is 20.7. The standard InChI is InChI=1S/C26H25Cl2FN4O4/c1-26(2,3)37-25(36)32-8-9-33-17(12-32)24(35)31(4)16-11-30-15-10-13(19-14(29)6-5-7-18(19)34)21(27)22(28)20(15)23(16)33/h5-7,10-11,17,34H,8-9,12H2,1-4H3/t17-/m1/s1. The van der Waals surface area contributed by atoms with Gasteiger partial charge in [0.2, 0.25) is 0 Å². The number of fused-ring (bicyclic) bond motifs is 5. The fraction of sp³-hybridized carbons (Fsp3) is 0.346. The molecule has 5 rings (SSSR count). The number of aromatic hydroxyl groups is 1. The Kier molecular flexibility index (Phi) is 6.11. The molecule has 0 spiro atoms. The summed E-state index contributed by atoms with van der Waals surface area (Å²) in [6.07, 6.45) is 1.07. The van der Waals surface area contributed by atoms with E-state index in [1.807, 2.05) is 4.90 Å². The Hall–Kier alpha value is -3.30. The highest BCUT2D eigenvalue weighted by Gasteiger charge is 2.43. The maximum Gasteiger partial charge on any atom is 0.410 e. The van der Waals surface area contributed by atoms with Gasteiger partial charge >= 0.3 is 6.09 Å². The molecule has 0 unspecified atom stereocenters. The van der Waals surface area contributed by atoms with E-state index in [9.17, 15) is 19.1 Å². The average Bonchev–Trinajstić information content (AvgIpc) is 2.83. The minimum absolute atomic E-state index is 0.0493. The molecular formula is C26H25Cl2FN4O4. The van der Waals surface area contributed by atoms with Gasteiger partial charge in [0.1, 0.15) is 23.2 Å². The van der Waals surface area contributed by atoms with Crippen LogP contribution in [0.2, 0.25) is 10.0 Å². The zero-order chi connectivity index (χ0) is 26.8. The molecule has 0 aliphatic carbocycles. The number of phenolic OH excluding ortho intramolecular Hbond substituents is 1. The maximum absolute atomic E-state index is 14.7. The third kappa shape index (κ3) is 4.20. The van der Waals surface area contributed by atoms with Crippen molar-refractivity contribution in [2.45, 2.75) is 32.4 Å². The lowest BCUT2D eigenvalue weighted by atomic mass is 9.98. The number of carbonyl (C=O) groups excluding carboxylic acids is 2. The van der Waals surface area contributed by atoms with Crippen LogP contribution in [0.25, 0.3) is 22.0 Å². The van der Waals surface area contributed by atoms with E-state index in [0.29, 0.717) is 35.4 Å². The first-order chi connectivity index (χ1) is 17.4. The summed E-state index contributed by atoms with van der Waals surface area (Å²) in [5, 5.41) is 11.0. The zero-order valence-corrected chi connectivity index (χ0v) is 22.2. The Morgan fingerprint density at radius 3 is 2.62 bits per heavy atom. The first kappa shape index (κ1) is 25.4. The second kappa shape index (κ2) is 8.92. The van der Waals surface area contributed by atoms with Crippen molar-refractivity contribution in [1.82, 2.24) is 9.88 Å². The van der Waals surface area contributed by atoms with E-state index in [-0.39, 0.29) is 39.4 Å². The van der Waals surface area contributed by atoms with Crippen molar-refractivity contribution in [2.24, 2.45) is 0 Å². The minimum Gasteiger partial charge on any atom is -0.507 e. The molecule has 2 amide bonds. The van der Waals surface area contributed by atoms with Crippen molar-refractivity contribution in [3.05, 3.63) is 46.3 Å². The lowest BCUT2D eigenvalue weighted by Gasteiger charge is -2.47. The van der Waals surface area contributed by atoms with Crippen LogP contribution in [0.3, 0.4) is 0 Å². The van der Waals surface area contributed by atoms with Gasteiger partial charge in [-0.2, -0.15) is 0 Å². The van der Waals surface area contributed by atoms with Crippen LogP contribution >= 0.6 is 23.2 Å². The number of anilines is 2. The summed E-state index contributed by atoms with van der Waals surface area (Å²) in [5.74, 6) is -1.13. The van der Waals surface area contributed by atoms with Crippen molar-refractivity contribution >= 4 is 57.5 Å². The van der Waals surface area contributed by atoms with Crippen LogP contribution in [0.4, 0.5) is 20.6 Å². The molecule has 2 aliphatic rings. The molecule has 0 bridgehead atoms. The molecule has 1 saturated heterocycles. The highest BCUT2D eigenvalue weighted by molar-refractivity contribution is 6.48. The molecule has 3 aromatic rings. The largest absolute Gasteiger partial charge is 0.507 e. The summed E-state index contributed by atoms with van der Waals surface area (Å²) in [7, 11) is 1.64. The number of rotatable bonds is 1. The molecule has 1 N–H and O–H groups in total. The Morgan fingerprint density at radius 2 is 1.95 bits per heavy atom. The van der Waals surface area contributed by atoms with E-state index in [4.69, 9.17) is 27.9 Å². The van der Waals surface area contributed by atoms with Crippen molar-refractivity contribution in [1.29, 1.82) is 0 Å². The van der Waals surface area contributed by atoms with E-state index < -0.39 is 23.6 Å². The Morgan fingerprint density at radius 1 is 1.22 bits per heavy atom. The first-order valence-corrected chi connectivity index (χ1v) is 12.5. The fourth-order valence-corrected chi connectivity index (χ4v) is 5.39. The average molecular weight is 547 g/mol. The van der Waals surface area contributed by atoms with E-state index in [1.54, 1.807) is 40.1 Å². The van der Waals surface area contributed by atoms with E-state index in [0.717, 1.165) is 0 Å². The molecule has 11 heteroatoms. The number of amides is 2. The summed E-state index contributed by atoms with van der Waals surface area (Å²) in [6, 6.07) is 4.88. The van der Waals surface area contributed by atoms with Gasteiger partial charge < -0.3 is 24.5 Å². The summed E-state index contributed by atoms with van der Waals surface area (Å²) in [6.45, 7) is 6.18. The normalized spacial score (nSPS) is 17.6. The second-order valence-corrected chi connectivity index (χ2v) is 10.9. The summed E-state index contributed by atoms with van der Waals surface area (Å²) >= 11 is 13.5. The van der Waals surface area contributed by atoms with Crippen molar-refractivity contribution in [3.63, 3.8) is 0 Å². The number of carbonyl (C=O) groups is 2. The number of hydrogen-bond acceptors (Lipinski definition) is 6. The summed E-state index contributed by atoms with van der Waals surface area (Å²) in [5.41, 5.74) is 1.07. The van der Waals surface area contributed by atoms with Crippen LogP contribution in [-0.2, 0) is 9.53 Å². The van der Waals surface area contributed by atoms with Gasteiger partial charge in [-0.05, 0) is 39.0 Å². The molecule has 0 radical (unpaired) electrons. The van der Waals surface area contributed by atoms with Crippen LogP contribution < -0.4 is 9.80 Å². The van der Waals surface area contributed by atoms with Gasteiger partial charge in [0.15, 0.2) is 0 Å². The van der Waals surface area contributed by atoms with Gasteiger partial charge in [0.05, 0.1) is 45.2 Å². The van der Waals surface area contributed by atoms with E-state index >= 15 is 0 Å². The smallest absolute Gasteiger partial charge is 0.410 e. The molecule has 1 fully saturated rings. The molecule has 1 atom stereocenters. The molecule has 2 aromatic carbocycles. The van der Waals surface area contributed by atoms with Crippen LogP contribution in [0.15, 0.2) is 30.5 Å². The van der Waals surface area contributed by atoms with Gasteiger partial charge in [0.25, 0.3) is 5.91 Å². The molecule has 8 nitrogen and oxygen atoms in total. The molecule has 194 valence electrons. The van der Waals surface area contributed by atoms with E-state index in [2.05, 4.69) is 4.98 Å². The molecule has 2 aliphatic heterocycles. The van der Waals surface area contributed by atoms with Crippen molar-refractivity contribution < 1.29 is 23.8 Å². The highest BCUT2D eigenvalue weighted by atomic mass is 35.5. The van der Waals surface area contributed by atoms with Gasteiger partial charge in [0, 0.05) is 31.1 Å². The van der Waals surface area contributed by atoms with E-state index in [1.165, 1.54) is 28.0 Å². The topological polar surface area (TPSA) is 86.2 Å². The third-order valence-corrected chi connectivity index (χ3v) is 7.42. The predicted molar refractivity (Wildman–Crippen MR) is 141 cm³/mol. The van der Waals surface area contributed by atoms with Gasteiger partial charge in [-0.3, -0.25) is 9.78 Å². The van der Waals surface area contributed by atoms with Crippen LogP contribution in [-0.4, -0.2) is 65.3 Å². The van der Waals surface area contributed by atoms with Crippen LogP contribution in [0, 0.1) is 5.82 Å². The van der Waals surface area contributed by atoms with Crippen molar-refractivity contribution in [2.75, 3.05) is 36.5 Å². The van der Waals surface area contributed by atoms with Crippen molar-refractivity contribution in [3.8, 4) is 16.9 Å². The number of ether oxygens (including phenoxy) is 1. The van der Waals surface area contributed by atoms with Crippen LogP contribution in [0.5, 0.6) is 5.75 Å². The summed E-state index contributed by atoms with van der Waals surface area (Å²) in [4.78, 5) is 35.5. The number of hydrogen-bond donors (Lipinski definition) is 1. The molecule has 1 aromatic heterocycles. The minimum atomic E-state index is -0.672. The summed E-state index contributed by atoms with van der Waals surface area (Å²) < 4.78 is 20.2. The Labute approximate surface area is 223 Å². The molecular weight excluding hydrogens is 522 g/mol. The Balaban J connectivity index is 1.63. The SMILES string of the molecule is CN1C(=O)[C@H]2CN(C(=O)OC(C)(C)C)CCN2c2c1cnc1cc(-c3c(O)cccc3F)c(Cl)c(Cl)c21. The van der Waals surface area contributed by atoms with Gasteiger partial charge in [-0.15, -0.1) is 0 Å². The predicted octanol–water partition coefficient (Wildman–Crippen LogP) is 5.46. The maximum atomic E-state index is 14.7. The first-order valence-electron chi connectivity index (χ1n) is 11.7. The number of likely N-dealkylation sites (N-methyl/N-ethyl adjacent to an activating group) is 1. The number of pyridine rings is 1. The van der Waals surface area contributed by atoms with Crippen LogP contribution in [0.1, 0.15) is 20.8 Å². The third-order valence-electron chi connectivity index (χ3n) is 6.55. The fourth-order valence-electron chi connectivity index (χ4n) is 4.85. The molecule has 3 heterocycles. The second-order valence-electron chi connectivity index (χ2n) is 10.1.